The number of pyridine rings is 2. The maximum absolute atomic E-state index is 11.2. The van der Waals surface area contributed by atoms with Crippen molar-refractivity contribution < 1.29 is 9.90 Å². The molecule has 0 unspecified atom stereocenters. The smallest absolute Gasteiger partial charge is 0.335 e. The van der Waals surface area contributed by atoms with Crippen LogP contribution in [0.15, 0.2) is 55.4 Å². The third kappa shape index (κ3) is 2.87. The van der Waals surface area contributed by atoms with E-state index in [2.05, 4.69) is 20.3 Å². The molecule has 0 aliphatic heterocycles. The number of carboxylic acids is 1. The summed E-state index contributed by atoms with van der Waals surface area (Å²) in [5.41, 5.74) is 0.845. The molecule has 0 saturated heterocycles. The summed E-state index contributed by atoms with van der Waals surface area (Å²) in [6.07, 6.45) is 8.90. The van der Waals surface area contributed by atoms with Gasteiger partial charge in [-0.15, -0.1) is 0 Å². The van der Waals surface area contributed by atoms with Crippen molar-refractivity contribution in [3.8, 4) is 0 Å². The van der Waals surface area contributed by atoms with Crippen LogP contribution < -0.4 is 5.32 Å². The van der Waals surface area contributed by atoms with Crippen LogP contribution in [0, 0.1) is 0 Å². The van der Waals surface area contributed by atoms with Gasteiger partial charge in [-0.25, -0.2) is 14.8 Å². The summed E-state index contributed by atoms with van der Waals surface area (Å²) in [4.78, 5) is 24.1. The Morgan fingerprint density at radius 2 is 2.04 bits per heavy atom. The van der Waals surface area contributed by atoms with E-state index < -0.39 is 5.97 Å². The monoisotopic (exact) mass is 333 g/mol. The average Bonchev–Trinajstić information content (AvgIpc) is 3.14. The molecule has 124 valence electrons. The number of rotatable bonds is 5. The molecule has 4 rings (SSSR count). The van der Waals surface area contributed by atoms with E-state index in [4.69, 9.17) is 0 Å². The lowest BCUT2D eigenvalue weighted by atomic mass is 10.1. The van der Waals surface area contributed by atoms with Gasteiger partial charge in [0.25, 0.3) is 0 Å². The quantitative estimate of drug-likeness (QED) is 0.546. The van der Waals surface area contributed by atoms with E-state index in [0.29, 0.717) is 17.9 Å². The van der Waals surface area contributed by atoms with E-state index in [1.165, 1.54) is 0 Å². The summed E-state index contributed by atoms with van der Waals surface area (Å²) in [7, 11) is 0. The highest BCUT2D eigenvalue weighted by Crippen LogP contribution is 2.29. The van der Waals surface area contributed by atoms with Gasteiger partial charge < -0.3 is 15.0 Å². The van der Waals surface area contributed by atoms with Crippen LogP contribution in [-0.2, 0) is 6.54 Å². The fraction of sp³-hybridized carbons (Fsp3) is 0.111. The first-order chi connectivity index (χ1) is 12.2. The standard InChI is InChI=1S/C18H15N5O2/c24-18(25)12-1-2-13-15-10-19-4-3-14(15)17(22-16(13)9-12)21-6-8-23-7-5-20-11-23/h1-5,7,9-11H,6,8H2,(H,21,22)(H,24,25). The Bertz CT molecular complexity index is 1060. The van der Waals surface area contributed by atoms with Gasteiger partial charge in [0.15, 0.2) is 0 Å². The molecule has 25 heavy (non-hydrogen) atoms. The van der Waals surface area contributed by atoms with E-state index in [0.717, 1.165) is 22.7 Å². The van der Waals surface area contributed by atoms with Gasteiger partial charge in [0.1, 0.15) is 5.82 Å². The fourth-order valence-electron chi connectivity index (χ4n) is 2.84. The number of aromatic carboxylic acids is 1. The molecular weight excluding hydrogens is 318 g/mol. The topological polar surface area (TPSA) is 92.9 Å². The molecule has 0 saturated carbocycles. The molecule has 0 amide bonds. The number of imidazole rings is 1. The highest BCUT2D eigenvalue weighted by atomic mass is 16.4. The van der Waals surface area contributed by atoms with Crippen LogP contribution in [0.4, 0.5) is 5.82 Å². The Hall–Kier alpha value is -3.48. The second kappa shape index (κ2) is 6.20. The van der Waals surface area contributed by atoms with Crippen LogP contribution in [0.1, 0.15) is 10.4 Å². The number of aromatic nitrogens is 4. The zero-order valence-corrected chi connectivity index (χ0v) is 13.3. The van der Waals surface area contributed by atoms with Gasteiger partial charge in [-0.2, -0.15) is 0 Å². The predicted octanol–water partition coefficient (Wildman–Crippen LogP) is 2.79. The van der Waals surface area contributed by atoms with Gasteiger partial charge in [-0.3, -0.25) is 4.98 Å². The summed E-state index contributed by atoms with van der Waals surface area (Å²) in [6.45, 7) is 1.42. The minimum Gasteiger partial charge on any atom is -0.478 e. The minimum atomic E-state index is -0.968. The second-order valence-corrected chi connectivity index (χ2v) is 5.65. The Kier molecular flexibility index (Phi) is 3.74. The number of anilines is 1. The van der Waals surface area contributed by atoms with E-state index in [1.54, 1.807) is 43.1 Å². The third-order valence-corrected chi connectivity index (χ3v) is 4.06. The third-order valence-electron chi connectivity index (χ3n) is 4.06. The molecule has 0 aliphatic carbocycles. The van der Waals surface area contributed by atoms with Gasteiger partial charge in [-0.1, -0.05) is 6.07 Å². The van der Waals surface area contributed by atoms with Gasteiger partial charge in [0.2, 0.25) is 0 Å². The van der Waals surface area contributed by atoms with Crippen molar-refractivity contribution in [1.82, 2.24) is 19.5 Å². The Morgan fingerprint density at radius 1 is 1.12 bits per heavy atom. The van der Waals surface area contributed by atoms with Crippen molar-refractivity contribution in [2.45, 2.75) is 6.54 Å². The maximum Gasteiger partial charge on any atom is 0.335 e. The molecular formula is C18H15N5O2. The molecule has 3 aromatic heterocycles. The summed E-state index contributed by atoms with van der Waals surface area (Å²) >= 11 is 0. The van der Waals surface area contributed by atoms with Crippen LogP contribution >= 0.6 is 0 Å². The van der Waals surface area contributed by atoms with Crippen molar-refractivity contribution in [2.24, 2.45) is 0 Å². The van der Waals surface area contributed by atoms with Crippen LogP contribution in [0.25, 0.3) is 21.7 Å². The Labute approximate surface area is 143 Å². The first-order valence-electron chi connectivity index (χ1n) is 7.83. The molecule has 0 bridgehead atoms. The molecule has 4 aromatic rings. The predicted molar refractivity (Wildman–Crippen MR) is 94.7 cm³/mol. The minimum absolute atomic E-state index is 0.215. The van der Waals surface area contributed by atoms with Crippen molar-refractivity contribution in [2.75, 3.05) is 11.9 Å². The zero-order valence-electron chi connectivity index (χ0n) is 13.3. The fourth-order valence-corrected chi connectivity index (χ4v) is 2.84. The normalized spacial score (nSPS) is 11.0. The molecule has 0 radical (unpaired) electrons. The van der Waals surface area contributed by atoms with Crippen LogP contribution in [0.5, 0.6) is 0 Å². The molecule has 1 aromatic carbocycles. The van der Waals surface area contributed by atoms with E-state index in [9.17, 15) is 9.90 Å². The summed E-state index contributed by atoms with van der Waals surface area (Å²) in [6, 6.07) is 6.87. The number of nitrogens with zero attached hydrogens (tertiary/aromatic N) is 4. The van der Waals surface area contributed by atoms with E-state index >= 15 is 0 Å². The lowest BCUT2D eigenvalue weighted by Gasteiger charge is -2.12. The lowest BCUT2D eigenvalue weighted by Crippen LogP contribution is -2.10. The number of benzene rings is 1. The first-order valence-corrected chi connectivity index (χ1v) is 7.83. The van der Waals surface area contributed by atoms with Gasteiger partial charge >= 0.3 is 5.97 Å². The molecule has 7 nitrogen and oxygen atoms in total. The van der Waals surface area contributed by atoms with E-state index in [1.807, 2.05) is 16.8 Å². The molecule has 7 heteroatoms. The van der Waals surface area contributed by atoms with Gasteiger partial charge in [-0.05, 0) is 18.2 Å². The molecule has 2 N–H and O–H groups in total. The van der Waals surface area contributed by atoms with Crippen LogP contribution in [0.3, 0.4) is 0 Å². The number of carbonyl (C=O) groups is 1. The molecule has 3 heterocycles. The van der Waals surface area contributed by atoms with Crippen molar-refractivity contribution in [3.05, 3.63) is 60.9 Å². The Morgan fingerprint density at radius 3 is 2.84 bits per heavy atom. The Balaban J connectivity index is 1.76. The first kappa shape index (κ1) is 15.1. The van der Waals surface area contributed by atoms with E-state index in [-0.39, 0.29) is 5.56 Å². The summed E-state index contributed by atoms with van der Waals surface area (Å²) in [5, 5.41) is 15.3. The van der Waals surface area contributed by atoms with Crippen molar-refractivity contribution in [3.63, 3.8) is 0 Å². The van der Waals surface area contributed by atoms with Crippen LogP contribution in [0.2, 0.25) is 0 Å². The van der Waals surface area contributed by atoms with Crippen molar-refractivity contribution >= 4 is 33.5 Å². The second-order valence-electron chi connectivity index (χ2n) is 5.65. The summed E-state index contributed by atoms with van der Waals surface area (Å²) in [5.74, 6) is -0.253. The summed E-state index contributed by atoms with van der Waals surface area (Å²) < 4.78 is 1.97. The number of hydrogen-bond donors (Lipinski definition) is 2. The SMILES string of the molecule is O=C(O)c1ccc2c(c1)nc(NCCn1ccnc1)c1ccncc12. The maximum atomic E-state index is 11.2. The highest BCUT2D eigenvalue weighted by molar-refractivity contribution is 6.10. The van der Waals surface area contributed by atoms with Gasteiger partial charge in [0, 0.05) is 54.0 Å². The zero-order chi connectivity index (χ0) is 17.2. The molecule has 0 aliphatic rings. The number of fused-ring (bicyclic) bond motifs is 3. The number of carboxylic acid groups (broad SMARTS) is 1. The van der Waals surface area contributed by atoms with Crippen LogP contribution in [-0.4, -0.2) is 37.1 Å². The number of nitrogens with one attached hydrogen (secondary N) is 1. The molecule has 0 fully saturated rings. The number of hydrogen-bond acceptors (Lipinski definition) is 5. The molecule has 0 spiro atoms. The molecule has 0 atom stereocenters. The lowest BCUT2D eigenvalue weighted by molar-refractivity contribution is 0.0697. The van der Waals surface area contributed by atoms with Gasteiger partial charge in [0.05, 0.1) is 17.4 Å². The van der Waals surface area contributed by atoms with Crippen molar-refractivity contribution in [1.29, 1.82) is 0 Å². The largest absolute Gasteiger partial charge is 0.478 e. The average molecular weight is 333 g/mol. The highest BCUT2D eigenvalue weighted by Gasteiger charge is 2.11.